The molecule has 0 aliphatic carbocycles. The van der Waals surface area contributed by atoms with Crippen LogP contribution in [0.2, 0.25) is 5.02 Å². The molecule has 0 bridgehead atoms. The van der Waals surface area contributed by atoms with E-state index in [0.717, 1.165) is 6.07 Å². The van der Waals surface area contributed by atoms with Crippen molar-refractivity contribution in [3.8, 4) is 0 Å². The number of nitrogens with zero attached hydrogens (tertiary/aromatic N) is 1. The molecule has 0 aliphatic heterocycles. The van der Waals surface area contributed by atoms with Gasteiger partial charge in [-0.25, -0.2) is 0 Å². The van der Waals surface area contributed by atoms with Gasteiger partial charge in [0.15, 0.2) is 0 Å². The SMILES string of the molecule is O=[N+]([O-])C(F)(F)C(O)c1ccccc1Cl. The van der Waals surface area contributed by atoms with E-state index in [1.54, 1.807) is 0 Å². The Morgan fingerprint density at radius 3 is 2.47 bits per heavy atom. The Labute approximate surface area is 88.2 Å². The number of alkyl halides is 2. The fourth-order valence-electron chi connectivity index (χ4n) is 0.984. The van der Waals surface area contributed by atoms with E-state index in [0.29, 0.717) is 0 Å². The zero-order valence-corrected chi connectivity index (χ0v) is 7.99. The van der Waals surface area contributed by atoms with Gasteiger partial charge in [-0.05, 0) is 6.07 Å². The number of aliphatic hydroxyl groups is 1. The standard InChI is InChI=1S/C8H6ClF2NO3/c9-6-4-2-1-3-5(6)7(13)8(10,11)12(14)15/h1-4,7,13H. The molecule has 0 saturated heterocycles. The Morgan fingerprint density at radius 2 is 2.00 bits per heavy atom. The van der Waals surface area contributed by atoms with Crippen molar-refractivity contribution in [3.05, 3.63) is 45.0 Å². The molecule has 0 fully saturated rings. The summed E-state index contributed by atoms with van der Waals surface area (Å²) in [6, 6.07) is 0.717. The van der Waals surface area contributed by atoms with Crippen molar-refractivity contribution in [2.24, 2.45) is 0 Å². The van der Waals surface area contributed by atoms with E-state index in [-0.39, 0.29) is 10.6 Å². The van der Waals surface area contributed by atoms with Crippen LogP contribution in [0, 0.1) is 10.1 Å². The molecule has 0 amide bonds. The number of aliphatic hydroxyl groups excluding tert-OH is 1. The smallest absolute Gasteiger partial charge is 0.376 e. The number of hydrogen-bond donors (Lipinski definition) is 1. The summed E-state index contributed by atoms with van der Waals surface area (Å²) in [4.78, 5) is 8.15. The molecule has 1 atom stereocenters. The summed E-state index contributed by atoms with van der Waals surface area (Å²) in [6.07, 6.45) is -2.55. The van der Waals surface area contributed by atoms with E-state index in [1.165, 1.54) is 18.2 Å². The third-order valence-electron chi connectivity index (χ3n) is 1.77. The van der Waals surface area contributed by atoms with Gasteiger partial charge in [0.05, 0.1) is 4.92 Å². The van der Waals surface area contributed by atoms with Crippen LogP contribution in [0.15, 0.2) is 24.3 Å². The molecule has 82 valence electrons. The Balaban J connectivity index is 3.10. The molecular weight excluding hydrogens is 232 g/mol. The van der Waals surface area contributed by atoms with Crippen LogP contribution in [0.4, 0.5) is 8.78 Å². The molecule has 15 heavy (non-hydrogen) atoms. The van der Waals surface area contributed by atoms with Crippen LogP contribution in [0.25, 0.3) is 0 Å². The van der Waals surface area contributed by atoms with Gasteiger partial charge in [0.1, 0.15) is 0 Å². The highest BCUT2D eigenvalue weighted by molar-refractivity contribution is 6.31. The van der Waals surface area contributed by atoms with Crippen molar-refractivity contribution >= 4 is 11.6 Å². The van der Waals surface area contributed by atoms with Crippen molar-refractivity contribution in [2.75, 3.05) is 0 Å². The summed E-state index contributed by atoms with van der Waals surface area (Å²) in [5.74, 6) is 0. The minimum absolute atomic E-state index is 0.147. The molecule has 1 N–H and O–H groups in total. The highest BCUT2D eigenvalue weighted by Gasteiger charge is 2.53. The Kier molecular flexibility index (Phi) is 3.21. The summed E-state index contributed by atoms with van der Waals surface area (Å²) in [6.45, 7) is 0. The van der Waals surface area contributed by atoms with Crippen molar-refractivity contribution in [2.45, 2.75) is 12.2 Å². The van der Waals surface area contributed by atoms with Crippen LogP contribution in [0.5, 0.6) is 0 Å². The van der Waals surface area contributed by atoms with E-state index in [4.69, 9.17) is 16.7 Å². The average molecular weight is 238 g/mol. The van der Waals surface area contributed by atoms with Crippen molar-refractivity contribution in [3.63, 3.8) is 0 Å². The maximum absolute atomic E-state index is 12.8. The fourth-order valence-corrected chi connectivity index (χ4v) is 1.22. The second kappa shape index (κ2) is 4.08. The Bertz CT molecular complexity index is 386. The summed E-state index contributed by atoms with van der Waals surface area (Å²) >= 11 is 5.51. The van der Waals surface area contributed by atoms with Gasteiger partial charge in [0.25, 0.3) is 0 Å². The number of rotatable bonds is 3. The molecular formula is C8H6ClF2NO3. The molecule has 0 radical (unpaired) electrons. The van der Waals surface area contributed by atoms with Crippen LogP contribution in [-0.4, -0.2) is 16.1 Å². The maximum atomic E-state index is 12.8. The van der Waals surface area contributed by atoms with Gasteiger partial charge >= 0.3 is 6.05 Å². The molecule has 0 aromatic heterocycles. The summed E-state index contributed by atoms with van der Waals surface area (Å²) < 4.78 is 25.6. The second-order valence-corrected chi connectivity index (χ2v) is 3.18. The quantitative estimate of drug-likeness (QED) is 0.498. The van der Waals surface area contributed by atoms with Crippen LogP contribution in [-0.2, 0) is 0 Å². The van der Waals surface area contributed by atoms with Crippen LogP contribution in [0.1, 0.15) is 11.7 Å². The van der Waals surface area contributed by atoms with Gasteiger partial charge in [-0.1, -0.05) is 29.8 Å². The molecule has 1 aromatic rings. The summed E-state index contributed by atoms with van der Waals surface area (Å²) in [7, 11) is 0. The highest BCUT2D eigenvalue weighted by Crippen LogP contribution is 2.34. The number of halogens is 3. The lowest BCUT2D eigenvalue weighted by Gasteiger charge is -2.15. The van der Waals surface area contributed by atoms with Gasteiger partial charge in [-0.15, -0.1) is 8.78 Å². The van der Waals surface area contributed by atoms with Crippen molar-refractivity contribution in [1.29, 1.82) is 0 Å². The number of benzene rings is 1. The molecule has 0 aliphatic rings. The lowest BCUT2D eigenvalue weighted by molar-refractivity contribution is -0.659. The van der Waals surface area contributed by atoms with Gasteiger partial charge in [0.2, 0.25) is 6.10 Å². The zero-order valence-electron chi connectivity index (χ0n) is 7.23. The molecule has 1 unspecified atom stereocenters. The lowest BCUT2D eigenvalue weighted by Crippen LogP contribution is -2.35. The predicted octanol–water partition coefficient (Wildman–Crippen LogP) is 2.24. The van der Waals surface area contributed by atoms with E-state index >= 15 is 0 Å². The van der Waals surface area contributed by atoms with Gasteiger partial charge in [-0.2, -0.15) is 0 Å². The first kappa shape index (κ1) is 11.8. The first-order valence-corrected chi connectivity index (χ1v) is 4.20. The van der Waals surface area contributed by atoms with E-state index in [9.17, 15) is 18.9 Å². The third-order valence-corrected chi connectivity index (χ3v) is 2.12. The first-order valence-electron chi connectivity index (χ1n) is 3.82. The van der Waals surface area contributed by atoms with Crippen molar-refractivity contribution in [1.82, 2.24) is 0 Å². The lowest BCUT2D eigenvalue weighted by atomic mass is 10.1. The monoisotopic (exact) mass is 237 g/mol. The number of hydrogen-bond acceptors (Lipinski definition) is 3. The van der Waals surface area contributed by atoms with Crippen LogP contribution in [0.3, 0.4) is 0 Å². The van der Waals surface area contributed by atoms with Gasteiger partial charge in [0, 0.05) is 10.6 Å². The fraction of sp³-hybridized carbons (Fsp3) is 0.250. The second-order valence-electron chi connectivity index (χ2n) is 2.77. The van der Waals surface area contributed by atoms with E-state index in [2.05, 4.69) is 0 Å². The largest absolute Gasteiger partial charge is 0.541 e. The third kappa shape index (κ3) is 2.21. The molecule has 1 aromatic carbocycles. The summed E-state index contributed by atoms with van der Waals surface area (Å²) in [5, 5.41) is 19.0. The molecule has 1 rings (SSSR count). The normalized spacial score (nSPS) is 13.6. The van der Waals surface area contributed by atoms with Gasteiger partial charge in [-0.3, -0.25) is 10.1 Å². The van der Waals surface area contributed by atoms with Gasteiger partial charge < -0.3 is 5.11 Å². The molecule has 0 spiro atoms. The molecule has 7 heteroatoms. The van der Waals surface area contributed by atoms with Crippen LogP contribution < -0.4 is 0 Å². The minimum atomic E-state index is -4.45. The van der Waals surface area contributed by atoms with Crippen LogP contribution >= 0.6 is 11.6 Å². The maximum Gasteiger partial charge on any atom is 0.541 e. The molecule has 0 saturated carbocycles. The first-order chi connectivity index (χ1) is 6.87. The zero-order chi connectivity index (χ0) is 11.6. The number of nitro groups is 1. The molecule has 0 heterocycles. The summed E-state index contributed by atoms with van der Waals surface area (Å²) in [5.41, 5.74) is -0.374. The average Bonchev–Trinajstić information content (AvgIpc) is 2.17. The minimum Gasteiger partial charge on any atom is -0.376 e. The molecule has 4 nitrogen and oxygen atoms in total. The van der Waals surface area contributed by atoms with E-state index < -0.39 is 17.1 Å². The van der Waals surface area contributed by atoms with Crippen molar-refractivity contribution < 1.29 is 18.8 Å². The topological polar surface area (TPSA) is 63.4 Å². The Morgan fingerprint density at radius 1 is 1.47 bits per heavy atom. The van der Waals surface area contributed by atoms with E-state index in [1.807, 2.05) is 0 Å². The highest BCUT2D eigenvalue weighted by atomic mass is 35.5. The predicted molar refractivity (Wildman–Crippen MR) is 48.4 cm³/mol. The Hall–Kier alpha value is -1.27.